The average molecular weight is 353 g/mol. The number of hydrogen-bond acceptors (Lipinski definition) is 3. The van der Waals surface area contributed by atoms with Crippen LogP contribution in [0.3, 0.4) is 0 Å². The molecule has 5 heteroatoms. The van der Waals surface area contributed by atoms with E-state index in [9.17, 15) is 9.59 Å². The zero-order valence-electron chi connectivity index (χ0n) is 15.2. The highest BCUT2D eigenvalue weighted by Gasteiger charge is 2.37. The molecule has 0 aromatic heterocycles. The van der Waals surface area contributed by atoms with Crippen LogP contribution < -0.4 is 5.32 Å². The number of benzene rings is 1. The topological polar surface area (TPSA) is 73.2 Å². The lowest BCUT2D eigenvalue weighted by atomic mass is 9.82. The lowest BCUT2D eigenvalue weighted by molar-refractivity contribution is -0.128. The van der Waals surface area contributed by atoms with Crippen molar-refractivity contribution in [3.05, 3.63) is 35.4 Å². The third-order valence-corrected chi connectivity index (χ3v) is 5.59. The van der Waals surface area contributed by atoms with E-state index in [4.69, 9.17) is 5.26 Å². The van der Waals surface area contributed by atoms with Gasteiger partial charge in [-0.3, -0.25) is 9.59 Å². The summed E-state index contributed by atoms with van der Waals surface area (Å²) in [6.45, 7) is 1.42. The molecule has 1 heterocycles. The molecule has 26 heavy (non-hydrogen) atoms. The summed E-state index contributed by atoms with van der Waals surface area (Å²) in [5.74, 6) is -0.0730. The van der Waals surface area contributed by atoms with Crippen LogP contribution in [0.2, 0.25) is 0 Å². The first-order valence-electron chi connectivity index (χ1n) is 9.79. The van der Waals surface area contributed by atoms with Crippen LogP contribution in [0.15, 0.2) is 24.3 Å². The van der Waals surface area contributed by atoms with Gasteiger partial charge in [-0.2, -0.15) is 5.26 Å². The van der Waals surface area contributed by atoms with Crippen LogP contribution >= 0.6 is 0 Å². The van der Waals surface area contributed by atoms with Crippen molar-refractivity contribution in [3.8, 4) is 6.07 Å². The van der Waals surface area contributed by atoms with E-state index >= 15 is 0 Å². The Bertz CT molecular complexity index is 695. The van der Waals surface area contributed by atoms with Gasteiger partial charge in [0.05, 0.1) is 17.6 Å². The van der Waals surface area contributed by atoms with Crippen molar-refractivity contribution >= 4 is 11.8 Å². The highest BCUT2D eigenvalue weighted by Crippen LogP contribution is 2.30. The molecule has 1 aromatic carbocycles. The first-order valence-corrected chi connectivity index (χ1v) is 9.79. The fourth-order valence-electron chi connectivity index (χ4n) is 4.20. The van der Waals surface area contributed by atoms with E-state index in [1.54, 1.807) is 24.3 Å². The summed E-state index contributed by atoms with van der Waals surface area (Å²) in [5, 5.41) is 12.2. The molecule has 1 aliphatic carbocycles. The van der Waals surface area contributed by atoms with Crippen molar-refractivity contribution in [2.24, 2.45) is 5.92 Å². The van der Waals surface area contributed by atoms with Crippen molar-refractivity contribution in [2.45, 2.75) is 57.4 Å². The van der Waals surface area contributed by atoms with E-state index in [0.717, 1.165) is 57.9 Å². The number of rotatable bonds is 1. The van der Waals surface area contributed by atoms with Crippen molar-refractivity contribution in [2.75, 3.05) is 13.1 Å². The minimum absolute atomic E-state index is 0.0416. The Morgan fingerprint density at radius 3 is 2.77 bits per heavy atom. The number of fused-ring (bicyclic) bond motifs is 1. The van der Waals surface area contributed by atoms with Crippen molar-refractivity contribution in [3.63, 3.8) is 0 Å². The van der Waals surface area contributed by atoms with Gasteiger partial charge < -0.3 is 10.2 Å². The van der Waals surface area contributed by atoms with Crippen LogP contribution in [-0.4, -0.2) is 35.8 Å². The van der Waals surface area contributed by atoms with E-state index in [2.05, 4.69) is 11.4 Å². The molecule has 0 unspecified atom stereocenters. The number of nitriles is 1. The number of nitrogens with one attached hydrogen (secondary N) is 1. The fourth-order valence-corrected chi connectivity index (χ4v) is 4.20. The average Bonchev–Trinajstić information content (AvgIpc) is 2.72. The molecule has 0 radical (unpaired) electrons. The third-order valence-electron chi connectivity index (χ3n) is 5.59. The van der Waals surface area contributed by atoms with Gasteiger partial charge in [-0.25, -0.2) is 0 Å². The number of amides is 2. The highest BCUT2D eigenvalue weighted by atomic mass is 16.2. The van der Waals surface area contributed by atoms with E-state index in [-0.39, 0.29) is 23.8 Å². The lowest BCUT2D eigenvalue weighted by Gasteiger charge is -2.39. The van der Waals surface area contributed by atoms with Gasteiger partial charge in [0.25, 0.3) is 5.91 Å². The molecule has 2 amide bonds. The number of carbonyl (C=O) groups is 2. The Morgan fingerprint density at radius 1 is 1.12 bits per heavy atom. The summed E-state index contributed by atoms with van der Waals surface area (Å²) in [6, 6.07) is 8.95. The molecule has 1 saturated heterocycles. The van der Waals surface area contributed by atoms with Crippen molar-refractivity contribution in [1.29, 1.82) is 5.26 Å². The zero-order valence-corrected chi connectivity index (χ0v) is 15.2. The standard InChI is InChI=1S/C21H27N3O2/c22-15-16-8-7-9-17(14-16)21(26)24-13-6-2-1-5-12-23-20(25)18-10-3-4-11-19(18)24/h7-9,14,18-19H,1-6,10-13H2,(H,23,25)/t18-,19+/m1/s1. The molecule has 2 aliphatic rings. The highest BCUT2D eigenvalue weighted by molar-refractivity contribution is 5.95. The first-order chi connectivity index (χ1) is 12.7. The molecule has 5 nitrogen and oxygen atoms in total. The fraction of sp³-hybridized carbons (Fsp3) is 0.571. The molecule has 1 saturated carbocycles. The monoisotopic (exact) mass is 353 g/mol. The molecule has 0 bridgehead atoms. The maximum Gasteiger partial charge on any atom is 0.254 e. The second-order valence-corrected chi connectivity index (χ2v) is 7.35. The normalized spacial score (nSPS) is 24.6. The van der Waals surface area contributed by atoms with Gasteiger partial charge >= 0.3 is 0 Å². The number of carbonyl (C=O) groups excluding carboxylic acids is 2. The van der Waals surface area contributed by atoms with E-state index in [1.807, 2.05) is 4.90 Å². The Balaban J connectivity index is 1.89. The van der Waals surface area contributed by atoms with Gasteiger partial charge in [0.2, 0.25) is 5.91 Å². The van der Waals surface area contributed by atoms with Crippen LogP contribution in [-0.2, 0) is 4.79 Å². The van der Waals surface area contributed by atoms with E-state index < -0.39 is 0 Å². The van der Waals surface area contributed by atoms with Crippen molar-refractivity contribution < 1.29 is 9.59 Å². The summed E-state index contributed by atoms with van der Waals surface area (Å²) in [6.07, 6.45) is 7.91. The summed E-state index contributed by atoms with van der Waals surface area (Å²) in [5.41, 5.74) is 1.04. The predicted octanol–water partition coefficient (Wildman–Crippen LogP) is 3.25. The maximum absolute atomic E-state index is 13.3. The van der Waals surface area contributed by atoms with Gasteiger partial charge in [-0.05, 0) is 43.9 Å². The van der Waals surface area contributed by atoms with E-state index in [0.29, 0.717) is 17.7 Å². The van der Waals surface area contributed by atoms with Gasteiger partial charge in [0.1, 0.15) is 0 Å². The Hall–Kier alpha value is -2.35. The quantitative estimate of drug-likeness (QED) is 0.842. The SMILES string of the molecule is N#Cc1cccc(C(=O)N2CCCCCCNC(=O)[C@@H]3CCCC[C@@H]32)c1. The Morgan fingerprint density at radius 2 is 1.92 bits per heavy atom. The molecule has 0 spiro atoms. The van der Waals surface area contributed by atoms with Crippen LogP contribution in [0.25, 0.3) is 0 Å². The lowest BCUT2D eigenvalue weighted by Crippen LogP contribution is -2.51. The van der Waals surface area contributed by atoms with Gasteiger partial charge in [-0.15, -0.1) is 0 Å². The molecular formula is C21H27N3O2. The Kier molecular flexibility index (Phi) is 6.27. The summed E-state index contributed by atoms with van der Waals surface area (Å²) in [4.78, 5) is 27.9. The van der Waals surface area contributed by atoms with Gasteiger partial charge in [0, 0.05) is 24.7 Å². The van der Waals surface area contributed by atoms with Crippen LogP contribution in [0.5, 0.6) is 0 Å². The van der Waals surface area contributed by atoms with Crippen LogP contribution in [0.4, 0.5) is 0 Å². The van der Waals surface area contributed by atoms with Crippen LogP contribution in [0, 0.1) is 17.2 Å². The molecule has 2 fully saturated rings. The summed E-state index contributed by atoms with van der Waals surface area (Å²) >= 11 is 0. The molecule has 1 aliphatic heterocycles. The summed E-state index contributed by atoms with van der Waals surface area (Å²) < 4.78 is 0. The maximum atomic E-state index is 13.3. The van der Waals surface area contributed by atoms with Gasteiger partial charge in [-0.1, -0.05) is 31.7 Å². The Labute approximate surface area is 155 Å². The minimum Gasteiger partial charge on any atom is -0.356 e. The molecule has 1 aromatic rings. The summed E-state index contributed by atoms with van der Waals surface area (Å²) in [7, 11) is 0. The number of nitrogens with zero attached hydrogens (tertiary/aromatic N) is 2. The van der Waals surface area contributed by atoms with E-state index in [1.165, 1.54) is 0 Å². The largest absolute Gasteiger partial charge is 0.356 e. The first kappa shape index (κ1) is 18.4. The zero-order chi connectivity index (χ0) is 18.4. The predicted molar refractivity (Wildman–Crippen MR) is 99.4 cm³/mol. The van der Waals surface area contributed by atoms with Crippen LogP contribution in [0.1, 0.15) is 67.3 Å². The van der Waals surface area contributed by atoms with Gasteiger partial charge in [0.15, 0.2) is 0 Å². The molecule has 3 rings (SSSR count). The molecule has 1 N–H and O–H groups in total. The second-order valence-electron chi connectivity index (χ2n) is 7.35. The second kappa shape index (κ2) is 8.84. The minimum atomic E-state index is -0.120. The molecular weight excluding hydrogens is 326 g/mol. The van der Waals surface area contributed by atoms with Crippen molar-refractivity contribution in [1.82, 2.24) is 10.2 Å². The molecule has 2 atom stereocenters. The smallest absolute Gasteiger partial charge is 0.254 e. The number of hydrogen-bond donors (Lipinski definition) is 1. The third kappa shape index (κ3) is 4.24. The molecule has 138 valence electrons.